The number of ether oxygens (including phenoxy) is 1. The first-order chi connectivity index (χ1) is 13.5. The summed E-state index contributed by atoms with van der Waals surface area (Å²) in [6.07, 6.45) is 5.76. The van der Waals surface area contributed by atoms with Crippen LogP contribution in [0, 0.1) is 5.82 Å². The van der Waals surface area contributed by atoms with Gasteiger partial charge in [0.05, 0.1) is 0 Å². The minimum atomic E-state index is -0.705. The van der Waals surface area contributed by atoms with Gasteiger partial charge in [-0.2, -0.15) is 0 Å². The average molecular weight is 449 g/mol. The number of amides is 1. The van der Waals surface area contributed by atoms with Gasteiger partial charge >= 0.3 is 5.97 Å². The molecule has 3 rings (SSSR count). The van der Waals surface area contributed by atoms with E-state index < -0.39 is 11.8 Å². The third-order valence-electron chi connectivity index (χ3n) is 4.16. The summed E-state index contributed by atoms with van der Waals surface area (Å²) in [4.78, 5) is 36.0. The number of rotatable bonds is 5. The Morgan fingerprint density at radius 1 is 1.18 bits per heavy atom. The summed E-state index contributed by atoms with van der Waals surface area (Å²) in [6, 6.07) is 6.14. The lowest BCUT2D eigenvalue weighted by Gasteiger charge is -2.34. The van der Waals surface area contributed by atoms with Crippen LogP contribution in [0.3, 0.4) is 0 Å². The summed E-state index contributed by atoms with van der Waals surface area (Å²) in [5, 5.41) is 0. The first kappa shape index (κ1) is 19.9. The van der Waals surface area contributed by atoms with E-state index in [9.17, 15) is 14.0 Å². The topological polar surface area (TPSA) is 75.6 Å². The van der Waals surface area contributed by atoms with Crippen molar-refractivity contribution in [2.75, 3.05) is 37.7 Å². The smallest absolute Gasteiger partial charge is 0.331 e. The van der Waals surface area contributed by atoms with Crippen LogP contribution in [0.25, 0.3) is 6.08 Å². The number of benzene rings is 1. The van der Waals surface area contributed by atoms with Crippen LogP contribution in [-0.4, -0.2) is 59.5 Å². The molecule has 1 saturated heterocycles. The van der Waals surface area contributed by atoms with Gasteiger partial charge in [0.15, 0.2) is 6.61 Å². The van der Waals surface area contributed by atoms with Gasteiger partial charge in [0, 0.05) is 54.7 Å². The summed E-state index contributed by atoms with van der Waals surface area (Å²) in [5.74, 6) is -0.803. The molecule has 7 nitrogen and oxygen atoms in total. The molecular weight excluding hydrogens is 431 g/mol. The first-order valence-corrected chi connectivity index (χ1v) is 9.42. The van der Waals surface area contributed by atoms with Crippen LogP contribution >= 0.6 is 15.9 Å². The van der Waals surface area contributed by atoms with Gasteiger partial charge in [0.25, 0.3) is 5.91 Å². The zero-order valence-corrected chi connectivity index (χ0v) is 16.5. The fraction of sp³-hybridized carbons (Fsp3) is 0.263. The second-order valence-electron chi connectivity index (χ2n) is 6.02. The summed E-state index contributed by atoms with van der Waals surface area (Å²) in [7, 11) is 0. The van der Waals surface area contributed by atoms with Gasteiger partial charge in [-0.1, -0.05) is 15.9 Å². The predicted octanol–water partition coefficient (Wildman–Crippen LogP) is 2.28. The second kappa shape index (κ2) is 9.41. The normalized spacial score (nSPS) is 14.4. The van der Waals surface area contributed by atoms with Crippen molar-refractivity contribution in [2.45, 2.75) is 0 Å². The van der Waals surface area contributed by atoms with Crippen LogP contribution in [0.1, 0.15) is 5.56 Å². The van der Waals surface area contributed by atoms with E-state index in [1.807, 2.05) is 4.90 Å². The highest BCUT2D eigenvalue weighted by molar-refractivity contribution is 9.10. The van der Waals surface area contributed by atoms with Crippen LogP contribution in [0.5, 0.6) is 0 Å². The predicted molar refractivity (Wildman–Crippen MR) is 105 cm³/mol. The first-order valence-electron chi connectivity index (χ1n) is 8.62. The molecule has 0 spiro atoms. The van der Waals surface area contributed by atoms with Crippen molar-refractivity contribution >= 4 is 39.8 Å². The van der Waals surface area contributed by atoms with Crippen LogP contribution in [0.4, 0.5) is 10.3 Å². The molecule has 1 aliphatic rings. The van der Waals surface area contributed by atoms with Crippen molar-refractivity contribution in [2.24, 2.45) is 0 Å². The molecule has 0 radical (unpaired) electrons. The number of carbonyl (C=O) groups is 2. The molecule has 0 unspecified atom stereocenters. The Balaban J connectivity index is 1.45. The molecule has 9 heteroatoms. The SMILES string of the molecule is O=C(/C=C/c1cc(Br)ccc1F)OCC(=O)N1CCN(c2ncccn2)CC1. The Morgan fingerprint density at radius 3 is 2.61 bits per heavy atom. The van der Waals surface area contributed by atoms with Crippen molar-refractivity contribution < 1.29 is 18.7 Å². The maximum atomic E-state index is 13.6. The number of piperazine rings is 1. The summed E-state index contributed by atoms with van der Waals surface area (Å²) < 4.78 is 19.3. The largest absolute Gasteiger partial charge is 0.452 e. The Bertz CT molecular complexity index is 871. The molecule has 28 heavy (non-hydrogen) atoms. The zero-order valence-electron chi connectivity index (χ0n) is 14.9. The van der Waals surface area contributed by atoms with E-state index in [1.165, 1.54) is 12.1 Å². The third kappa shape index (κ3) is 5.35. The quantitative estimate of drug-likeness (QED) is 0.515. The summed E-state index contributed by atoms with van der Waals surface area (Å²) >= 11 is 3.24. The molecule has 1 amide bonds. The highest BCUT2D eigenvalue weighted by atomic mass is 79.9. The second-order valence-corrected chi connectivity index (χ2v) is 6.94. The van der Waals surface area contributed by atoms with Crippen molar-refractivity contribution in [3.05, 3.63) is 58.6 Å². The highest BCUT2D eigenvalue weighted by Crippen LogP contribution is 2.16. The Labute approximate surface area is 170 Å². The fourth-order valence-corrected chi connectivity index (χ4v) is 3.06. The van der Waals surface area contributed by atoms with Gasteiger partial charge in [-0.05, 0) is 30.3 Å². The number of halogens is 2. The Hall–Kier alpha value is -2.81. The summed E-state index contributed by atoms with van der Waals surface area (Å²) in [6.45, 7) is 1.84. The van der Waals surface area contributed by atoms with E-state index in [2.05, 4.69) is 25.9 Å². The molecule has 0 atom stereocenters. The van der Waals surface area contributed by atoms with Crippen molar-refractivity contribution in [3.8, 4) is 0 Å². The molecular formula is C19H18BrFN4O3. The monoisotopic (exact) mass is 448 g/mol. The number of anilines is 1. The lowest BCUT2D eigenvalue weighted by atomic mass is 10.2. The van der Waals surface area contributed by atoms with Crippen LogP contribution in [0.2, 0.25) is 0 Å². The molecule has 1 aromatic carbocycles. The molecule has 0 N–H and O–H groups in total. The fourth-order valence-electron chi connectivity index (χ4n) is 2.68. The Kier molecular flexibility index (Phi) is 6.70. The average Bonchev–Trinajstić information content (AvgIpc) is 2.73. The van der Waals surface area contributed by atoms with Crippen LogP contribution < -0.4 is 4.90 Å². The minimum Gasteiger partial charge on any atom is -0.452 e. The molecule has 0 saturated carbocycles. The molecule has 1 aromatic heterocycles. The van der Waals surface area contributed by atoms with Crippen molar-refractivity contribution in [3.63, 3.8) is 0 Å². The molecule has 146 valence electrons. The number of carbonyl (C=O) groups excluding carboxylic acids is 2. The Morgan fingerprint density at radius 2 is 1.89 bits per heavy atom. The van der Waals surface area contributed by atoms with Gasteiger partial charge in [0.2, 0.25) is 5.95 Å². The highest BCUT2D eigenvalue weighted by Gasteiger charge is 2.22. The standard InChI is InChI=1S/C19H18BrFN4O3/c20-15-3-4-16(21)14(12-15)2-5-18(27)28-13-17(26)24-8-10-25(11-9-24)19-22-6-1-7-23-19/h1-7,12H,8-11,13H2/b5-2+. The van der Waals surface area contributed by atoms with E-state index in [4.69, 9.17) is 4.74 Å². The zero-order chi connectivity index (χ0) is 19.9. The molecule has 1 aliphatic heterocycles. The number of hydrogen-bond acceptors (Lipinski definition) is 6. The van der Waals surface area contributed by atoms with Crippen LogP contribution in [-0.2, 0) is 14.3 Å². The van der Waals surface area contributed by atoms with Crippen molar-refractivity contribution in [1.82, 2.24) is 14.9 Å². The molecule has 2 aromatic rings. The minimum absolute atomic E-state index is 0.247. The molecule has 1 fully saturated rings. The summed E-state index contributed by atoms with van der Waals surface area (Å²) in [5.41, 5.74) is 0.247. The lowest BCUT2D eigenvalue weighted by molar-refractivity contribution is -0.148. The molecule has 0 aliphatic carbocycles. The molecule has 0 bridgehead atoms. The van der Waals surface area contributed by atoms with E-state index in [0.29, 0.717) is 36.6 Å². The number of hydrogen-bond donors (Lipinski definition) is 0. The van der Waals surface area contributed by atoms with E-state index in [1.54, 1.807) is 35.5 Å². The van der Waals surface area contributed by atoms with E-state index in [-0.39, 0.29) is 18.1 Å². The van der Waals surface area contributed by atoms with Gasteiger partial charge in [-0.3, -0.25) is 4.79 Å². The van der Waals surface area contributed by atoms with Gasteiger partial charge in [-0.25, -0.2) is 19.2 Å². The van der Waals surface area contributed by atoms with E-state index in [0.717, 1.165) is 6.08 Å². The van der Waals surface area contributed by atoms with Crippen molar-refractivity contribution in [1.29, 1.82) is 0 Å². The molecule has 2 heterocycles. The van der Waals surface area contributed by atoms with E-state index >= 15 is 0 Å². The van der Waals surface area contributed by atoms with Gasteiger partial charge in [0.1, 0.15) is 5.82 Å². The van der Waals surface area contributed by atoms with Crippen LogP contribution in [0.15, 0.2) is 47.2 Å². The lowest BCUT2D eigenvalue weighted by Crippen LogP contribution is -2.50. The number of nitrogens with zero attached hydrogens (tertiary/aromatic N) is 4. The number of esters is 1. The van der Waals surface area contributed by atoms with Gasteiger partial charge < -0.3 is 14.5 Å². The number of aromatic nitrogens is 2. The van der Waals surface area contributed by atoms with Gasteiger partial charge in [-0.15, -0.1) is 0 Å². The maximum absolute atomic E-state index is 13.6. The third-order valence-corrected chi connectivity index (χ3v) is 4.66. The maximum Gasteiger partial charge on any atom is 0.331 e.